The third-order valence-corrected chi connectivity index (χ3v) is 3.93. The van der Waals surface area contributed by atoms with Crippen LogP contribution in [0.25, 0.3) is 0 Å². The van der Waals surface area contributed by atoms with Crippen molar-refractivity contribution in [3.63, 3.8) is 0 Å². The minimum atomic E-state index is -2.24. The molecule has 9 heteroatoms. The van der Waals surface area contributed by atoms with Gasteiger partial charge in [0.05, 0.1) is 13.4 Å². The molecule has 1 aromatic carbocycles. The topological polar surface area (TPSA) is 73.2 Å². The lowest BCUT2D eigenvalue weighted by molar-refractivity contribution is -0.152. The second-order valence-corrected chi connectivity index (χ2v) is 6.77. The van der Waals surface area contributed by atoms with Gasteiger partial charge in [0.2, 0.25) is 3.79 Å². The molecule has 1 N–H and O–H groups in total. The summed E-state index contributed by atoms with van der Waals surface area (Å²) in [6.07, 6.45) is 4.00. The number of halogens is 3. The van der Waals surface area contributed by atoms with E-state index in [0.29, 0.717) is 0 Å². The largest absolute Gasteiger partial charge is 0.466 e. The Morgan fingerprint density at radius 1 is 1.22 bits per heavy atom. The van der Waals surface area contributed by atoms with Gasteiger partial charge in [-0.25, -0.2) is 9.78 Å². The van der Waals surface area contributed by atoms with Crippen molar-refractivity contribution in [3.05, 3.63) is 54.6 Å². The third kappa shape index (κ3) is 3.29. The number of nitrogens with zero attached hydrogens (tertiary/aromatic N) is 2. The summed E-state index contributed by atoms with van der Waals surface area (Å²) in [5, 5.41) is 2.45. The van der Waals surface area contributed by atoms with Gasteiger partial charge in [-0.3, -0.25) is 4.79 Å². The number of esters is 1. The van der Waals surface area contributed by atoms with Crippen LogP contribution in [0.15, 0.2) is 49.1 Å². The Bertz CT molecular complexity index is 686. The monoisotopic (exact) mass is 375 g/mol. The molecule has 1 unspecified atom stereocenters. The van der Waals surface area contributed by atoms with Crippen LogP contribution in [0.4, 0.5) is 0 Å². The van der Waals surface area contributed by atoms with Crippen LogP contribution in [0.5, 0.6) is 0 Å². The number of nitrogens with one attached hydrogen (secondary N) is 1. The predicted molar refractivity (Wildman–Crippen MR) is 86.4 cm³/mol. The van der Waals surface area contributed by atoms with Crippen LogP contribution in [-0.4, -0.2) is 32.3 Å². The summed E-state index contributed by atoms with van der Waals surface area (Å²) in [7, 11) is 1.12. The zero-order chi connectivity index (χ0) is 17.1. The summed E-state index contributed by atoms with van der Waals surface area (Å²) in [6, 6.07) is 8.20. The molecule has 0 spiro atoms. The van der Waals surface area contributed by atoms with Crippen LogP contribution in [0, 0.1) is 0 Å². The molecule has 0 fully saturated rings. The van der Waals surface area contributed by atoms with Crippen molar-refractivity contribution in [2.24, 2.45) is 0 Å². The minimum absolute atomic E-state index is 0.287. The number of hydrogen-bond donors (Lipinski definition) is 1. The molecule has 1 aromatic heterocycles. The predicted octanol–water partition coefficient (Wildman–Crippen LogP) is 2.51. The van der Waals surface area contributed by atoms with E-state index in [1.54, 1.807) is 30.3 Å². The molecule has 0 saturated heterocycles. The van der Waals surface area contributed by atoms with Gasteiger partial charge in [-0.05, 0) is 12.1 Å². The number of aromatic nitrogens is 2. The number of imidazole rings is 1. The van der Waals surface area contributed by atoms with E-state index in [-0.39, 0.29) is 5.56 Å². The van der Waals surface area contributed by atoms with Crippen LogP contribution in [0.3, 0.4) is 0 Å². The second-order valence-electron chi connectivity index (χ2n) is 4.49. The van der Waals surface area contributed by atoms with Gasteiger partial charge < -0.3 is 14.6 Å². The summed E-state index contributed by atoms with van der Waals surface area (Å²) in [6.45, 7) is 0. The van der Waals surface area contributed by atoms with Crippen molar-refractivity contribution in [1.82, 2.24) is 14.9 Å². The van der Waals surface area contributed by atoms with Crippen molar-refractivity contribution in [3.8, 4) is 0 Å². The summed E-state index contributed by atoms with van der Waals surface area (Å²) in [4.78, 5) is 28.7. The fourth-order valence-corrected chi connectivity index (χ4v) is 2.65. The quantitative estimate of drug-likeness (QED) is 0.657. The molecule has 1 heterocycles. The van der Waals surface area contributed by atoms with Crippen molar-refractivity contribution < 1.29 is 14.3 Å². The molecule has 2 rings (SSSR count). The Morgan fingerprint density at radius 3 is 2.35 bits per heavy atom. The van der Waals surface area contributed by atoms with Crippen LogP contribution >= 0.6 is 34.8 Å². The van der Waals surface area contributed by atoms with E-state index in [1.807, 2.05) is 0 Å². The van der Waals surface area contributed by atoms with Gasteiger partial charge in [-0.1, -0.05) is 53.0 Å². The average Bonchev–Trinajstić information content (AvgIpc) is 3.05. The molecule has 0 aliphatic rings. The van der Waals surface area contributed by atoms with Gasteiger partial charge in [0.15, 0.2) is 0 Å². The fourth-order valence-electron chi connectivity index (χ4n) is 1.99. The summed E-state index contributed by atoms with van der Waals surface area (Å²) in [5.74, 6) is -1.57. The van der Waals surface area contributed by atoms with E-state index in [2.05, 4.69) is 10.3 Å². The number of alkyl halides is 3. The average molecular weight is 377 g/mol. The molecule has 0 bridgehead atoms. The number of carbonyl (C=O) groups is 2. The SMILES string of the molecule is COC(=O)C(NC(=O)c1ccccc1)(n1ccnc1)C(Cl)(Cl)Cl. The van der Waals surface area contributed by atoms with E-state index in [0.717, 1.165) is 7.11 Å². The van der Waals surface area contributed by atoms with Crippen molar-refractivity contribution in [1.29, 1.82) is 0 Å². The van der Waals surface area contributed by atoms with Crippen molar-refractivity contribution >= 4 is 46.7 Å². The minimum Gasteiger partial charge on any atom is -0.466 e. The zero-order valence-corrected chi connectivity index (χ0v) is 14.1. The van der Waals surface area contributed by atoms with Gasteiger partial charge in [0.25, 0.3) is 11.6 Å². The molecule has 1 amide bonds. The first-order chi connectivity index (χ1) is 10.8. The third-order valence-electron chi connectivity index (χ3n) is 3.11. The van der Waals surface area contributed by atoms with Gasteiger partial charge in [-0.15, -0.1) is 0 Å². The number of methoxy groups -OCH3 is 1. The molecular weight excluding hydrogens is 365 g/mol. The van der Waals surface area contributed by atoms with E-state index in [9.17, 15) is 9.59 Å². The Morgan fingerprint density at radius 2 is 1.87 bits per heavy atom. The van der Waals surface area contributed by atoms with E-state index in [1.165, 1.54) is 23.3 Å². The number of ether oxygens (including phenoxy) is 1. The molecule has 122 valence electrons. The zero-order valence-electron chi connectivity index (χ0n) is 11.9. The molecule has 0 saturated carbocycles. The normalized spacial score (nSPS) is 13.9. The van der Waals surface area contributed by atoms with Gasteiger partial charge in [-0.2, -0.15) is 0 Å². The highest BCUT2D eigenvalue weighted by Crippen LogP contribution is 2.42. The molecule has 2 aromatic rings. The number of hydrogen-bond acceptors (Lipinski definition) is 4. The van der Waals surface area contributed by atoms with Gasteiger partial charge in [0.1, 0.15) is 0 Å². The lowest BCUT2D eigenvalue weighted by atomic mass is 10.1. The molecule has 23 heavy (non-hydrogen) atoms. The number of carbonyl (C=O) groups excluding carboxylic acids is 2. The maximum Gasteiger partial charge on any atom is 0.357 e. The van der Waals surface area contributed by atoms with Crippen LogP contribution < -0.4 is 5.32 Å². The Kier molecular flexibility index (Phi) is 5.19. The molecule has 0 radical (unpaired) electrons. The molecule has 6 nitrogen and oxygen atoms in total. The highest BCUT2D eigenvalue weighted by molar-refractivity contribution is 6.69. The first-order valence-corrected chi connectivity index (χ1v) is 7.47. The Hall–Kier alpha value is -1.76. The van der Waals surface area contributed by atoms with Crippen LogP contribution in [-0.2, 0) is 15.2 Å². The first-order valence-electron chi connectivity index (χ1n) is 6.34. The van der Waals surface area contributed by atoms with E-state index < -0.39 is 21.3 Å². The lowest BCUT2D eigenvalue weighted by Gasteiger charge is -2.38. The summed E-state index contributed by atoms with van der Waals surface area (Å²) >= 11 is 18.1. The Labute approximate surface area is 147 Å². The molecule has 0 aliphatic heterocycles. The van der Waals surface area contributed by atoms with Gasteiger partial charge >= 0.3 is 5.97 Å². The maximum absolute atomic E-state index is 12.5. The lowest BCUT2D eigenvalue weighted by Crippen LogP contribution is -2.64. The molecule has 0 aliphatic carbocycles. The highest BCUT2D eigenvalue weighted by Gasteiger charge is 2.59. The molecular formula is C14H12Cl3N3O3. The number of amides is 1. The number of rotatable bonds is 4. The summed E-state index contributed by atoms with van der Waals surface area (Å²) < 4.78 is 3.68. The fraction of sp³-hybridized carbons (Fsp3) is 0.214. The second kappa shape index (κ2) is 6.78. The number of benzene rings is 1. The smallest absolute Gasteiger partial charge is 0.357 e. The standard InChI is InChI=1S/C14H12Cl3N3O3/c1-23-12(22)13(14(15,16)17,20-8-7-18-9-20)19-11(21)10-5-3-2-4-6-10/h2-9H,1H3,(H,19,21). The van der Waals surface area contributed by atoms with E-state index >= 15 is 0 Å². The summed E-state index contributed by atoms with van der Waals surface area (Å²) in [5.41, 5.74) is -1.83. The van der Waals surface area contributed by atoms with E-state index in [4.69, 9.17) is 39.5 Å². The van der Waals surface area contributed by atoms with Crippen LogP contribution in [0.2, 0.25) is 0 Å². The van der Waals surface area contributed by atoms with Crippen molar-refractivity contribution in [2.75, 3.05) is 7.11 Å². The highest BCUT2D eigenvalue weighted by atomic mass is 35.6. The first kappa shape index (κ1) is 17.6. The van der Waals surface area contributed by atoms with Gasteiger partial charge in [0, 0.05) is 18.0 Å². The molecule has 1 atom stereocenters. The maximum atomic E-state index is 12.5. The van der Waals surface area contributed by atoms with Crippen molar-refractivity contribution in [2.45, 2.75) is 9.46 Å². The van der Waals surface area contributed by atoms with Crippen LogP contribution in [0.1, 0.15) is 10.4 Å². The Balaban J connectivity index is 2.53.